The van der Waals surface area contributed by atoms with Crippen molar-refractivity contribution in [3.05, 3.63) is 35.5 Å². The van der Waals surface area contributed by atoms with Crippen molar-refractivity contribution in [3.8, 4) is 0 Å². The van der Waals surface area contributed by atoms with Gasteiger partial charge < -0.3 is 9.47 Å². The Morgan fingerprint density at radius 2 is 1.88 bits per heavy atom. The summed E-state index contributed by atoms with van der Waals surface area (Å²) >= 11 is 0. The minimum absolute atomic E-state index is 0.0860. The Morgan fingerprint density at radius 1 is 1.24 bits per heavy atom. The van der Waals surface area contributed by atoms with Crippen LogP contribution in [0.5, 0.6) is 0 Å². The lowest BCUT2D eigenvalue weighted by Gasteiger charge is -2.41. The summed E-state index contributed by atoms with van der Waals surface area (Å²) in [6.45, 7) is 10.1. The fourth-order valence-corrected chi connectivity index (χ4v) is 2.91. The summed E-state index contributed by atoms with van der Waals surface area (Å²) < 4.78 is 11.6. The van der Waals surface area contributed by atoms with Gasteiger partial charge in [-0.2, -0.15) is 0 Å². The minimum atomic E-state index is -0.471. The number of ether oxygens (including phenoxy) is 2. The summed E-state index contributed by atoms with van der Waals surface area (Å²) in [6, 6.07) is 0. The molecule has 17 heavy (non-hydrogen) atoms. The minimum Gasteiger partial charge on any atom is -0.344 e. The van der Waals surface area contributed by atoms with E-state index in [0.29, 0.717) is 13.2 Å². The Bertz CT molecular complexity index is 380. The molecule has 0 radical (unpaired) electrons. The van der Waals surface area contributed by atoms with Gasteiger partial charge in [0.1, 0.15) is 0 Å². The van der Waals surface area contributed by atoms with E-state index < -0.39 is 5.79 Å². The number of allylic oxidation sites excluding steroid dienone is 5. The van der Waals surface area contributed by atoms with Crippen molar-refractivity contribution in [2.24, 2.45) is 5.41 Å². The Balaban J connectivity index is 2.38. The average Bonchev–Trinajstić information content (AvgIpc) is 2.63. The molecule has 0 unspecified atom stereocenters. The van der Waals surface area contributed by atoms with Gasteiger partial charge in [-0.05, 0) is 36.5 Å². The molecule has 2 nitrogen and oxygen atoms in total. The summed E-state index contributed by atoms with van der Waals surface area (Å²) in [5, 5.41) is 0. The van der Waals surface area contributed by atoms with Crippen molar-refractivity contribution >= 4 is 0 Å². The summed E-state index contributed by atoms with van der Waals surface area (Å²) in [4.78, 5) is 0. The van der Waals surface area contributed by atoms with E-state index in [1.807, 2.05) is 6.92 Å². The van der Waals surface area contributed by atoms with Crippen LogP contribution in [0.3, 0.4) is 0 Å². The lowest BCUT2D eigenvalue weighted by molar-refractivity contribution is -0.139. The van der Waals surface area contributed by atoms with Crippen LogP contribution in [0.2, 0.25) is 0 Å². The zero-order chi connectivity index (χ0) is 12.5. The third kappa shape index (κ3) is 2.38. The zero-order valence-corrected chi connectivity index (χ0v) is 11.2. The van der Waals surface area contributed by atoms with Crippen LogP contribution in [-0.2, 0) is 9.47 Å². The van der Waals surface area contributed by atoms with E-state index in [2.05, 4.69) is 45.1 Å². The Labute approximate surface area is 104 Å². The van der Waals surface area contributed by atoms with E-state index in [4.69, 9.17) is 9.47 Å². The Hall–Kier alpha value is -0.860. The van der Waals surface area contributed by atoms with E-state index in [1.165, 1.54) is 11.1 Å². The summed E-state index contributed by atoms with van der Waals surface area (Å²) in [5.74, 6) is -0.471. The lowest BCUT2D eigenvalue weighted by atomic mass is 9.70. The van der Waals surface area contributed by atoms with E-state index in [-0.39, 0.29) is 5.41 Å². The van der Waals surface area contributed by atoms with Gasteiger partial charge in [0.25, 0.3) is 0 Å². The maximum atomic E-state index is 5.80. The molecule has 2 heteroatoms. The molecule has 1 heterocycles. The van der Waals surface area contributed by atoms with E-state index in [9.17, 15) is 0 Å². The monoisotopic (exact) mass is 234 g/mol. The van der Waals surface area contributed by atoms with E-state index in [0.717, 1.165) is 6.42 Å². The maximum absolute atomic E-state index is 5.80. The van der Waals surface area contributed by atoms with E-state index >= 15 is 0 Å². The maximum Gasteiger partial charge on any atom is 0.189 e. The SMILES string of the molecule is CC=CC=C1C(C)=CC2(CC1(C)C)OCCO2. The summed E-state index contributed by atoms with van der Waals surface area (Å²) in [6.07, 6.45) is 9.39. The molecule has 2 rings (SSSR count). The van der Waals surface area contributed by atoms with Crippen LogP contribution >= 0.6 is 0 Å². The molecule has 0 bridgehead atoms. The predicted octanol–water partition coefficient (Wildman–Crippen LogP) is 3.61. The molecule has 0 amide bonds. The first kappa shape index (κ1) is 12.6. The molecule has 0 aromatic carbocycles. The standard InChI is InChI=1S/C15H22O2/c1-5-6-7-13-12(2)10-15(11-14(13,3)4)16-8-9-17-15/h5-7,10H,8-9,11H2,1-4H3. The number of hydrogen-bond donors (Lipinski definition) is 0. The molecular formula is C15H22O2. The molecule has 1 fully saturated rings. The molecule has 0 saturated carbocycles. The first-order valence-electron chi connectivity index (χ1n) is 6.30. The van der Waals surface area contributed by atoms with Gasteiger partial charge in [-0.1, -0.05) is 32.1 Å². The molecule has 94 valence electrons. The van der Waals surface area contributed by atoms with Gasteiger partial charge in [-0.25, -0.2) is 0 Å². The molecule has 1 aliphatic heterocycles. The van der Waals surface area contributed by atoms with Crippen LogP contribution in [-0.4, -0.2) is 19.0 Å². The number of hydrogen-bond acceptors (Lipinski definition) is 2. The van der Waals surface area contributed by atoms with Crippen molar-refractivity contribution in [2.75, 3.05) is 13.2 Å². The fourth-order valence-electron chi connectivity index (χ4n) is 2.91. The molecule has 1 aliphatic carbocycles. The van der Waals surface area contributed by atoms with Crippen molar-refractivity contribution in [1.82, 2.24) is 0 Å². The van der Waals surface area contributed by atoms with Crippen LogP contribution in [0, 0.1) is 5.41 Å². The molecule has 1 saturated heterocycles. The van der Waals surface area contributed by atoms with Crippen LogP contribution < -0.4 is 0 Å². The topological polar surface area (TPSA) is 18.5 Å². The van der Waals surface area contributed by atoms with Crippen LogP contribution in [0.4, 0.5) is 0 Å². The molecular weight excluding hydrogens is 212 g/mol. The molecule has 2 aliphatic rings. The molecule has 0 aromatic heterocycles. The normalized spacial score (nSPS) is 29.2. The van der Waals surface area contributed by atoms with Crippen LogP contribution in [0.1, 0.15) is 34.1 Å². The highest BCUT2D eigenvalue weighted by Crippen LogP contribution is 2.47. The third-order valence-corrected chi connectivity index (χ3v) is 3.51. The smallest absolute Gasteiger partial charge is 0.189 e. The lowest BCUT2D eigenvalue weighted by Crippen LogP contribution is -2.39. The van der Waals surface area contributed by atoms with Gasteiger partial charge in [0, 0.05) is 6.42 Å². The summed E-state index contributed by atoms with van der Waals surface area (Å²) in [5.41, 5.74) is 2.73. The van der Waals surface area contributed by atoms with Crippen LogP contribution in [0.25, 0.3) is 0 Å². The number of rotatable bonds is 1. The van der Waals surface area contributed by atoms with Gasteiger partial charge in [0.05, 0.1) is 13.2 Å². The van der Waals surface area contributed by atoms with Gasteiger partial charge in [0.15, 0.2) is 5.79 Å². The first-order chi connectivity index (χ1) is 7.99. The van der Waals surface area contributed by atoms with Crippen molar-refractivity contribution in [1.29, 1.82) is 0 Å². The highest BCUT2D eigenvalue weighted by Gasteiger charge is 2.45. The average molecular weight is 234 g/mol. The van der Waals surface area contributed by atoms with Gasteiger partial charge >= 0.3 is 0 Å². The molecule has 0 atom stereocenters. The Kier molecular flexibility index (Phi) is 3.28. The molecule has 1 spiro atoms. The molecule has 0 aromatic rings. The first-order valence-corrected chi connectivity index (χ1v) is 6.30. The quantitative estimate of drug-likeness (QED) is 0.690. The third-order valence-electron chi connectivity index (χ3n) is 3.51. The fraction of sp³-hybridized carbons (Fsp3) is 0.600. The highest BCUT2D eigenvalue weighted by atomic mass is 16.7. The van der Waals surface area contributed by atoms with E-state index in [1.54, 1.807) is 0 Å². The zero-order valence-electron chi connectivity index (χ0n) is 11.2. The van der Waals surface area contributed by atoms with Crippen LogP contribution in [0.15, 0.2) is 35.5 Å². The van der Waals surface area contributed by atoms with Gasteiger partial charge in [0.2, 0.25) is 0 Å². The van der Waals surface area contributed by atoms with Gasteiger partial charge in [-0.15, -0.1) is 0 Å². The van der Waals surface area contributed by atoms with Gasteiger partial charge in [-0.3, -0.25) is 0 Å². The highest BCUT2D eigenvalue weighted by molar-refractivity contribution is 5.41. The molecule has 0 N–H and O–H groups in total. The second kappa shape index (κ2) is 4.43. The largest absolute Gasteiger partial charge is 0.344 e. The van der Waals surface area contributed by atoms with Crippen molar-refractivity contribution < 1.29 is 9.47 Å². The second-order valence-electron chi connectivity index (χ2n) is 5.50. The second-order valence-corrected chi connectivity index (χ2v) is 5.50. The summed E-state index contributed by atoms with van der Waals surface area (Å²) in [7, 11) is 0. The van der Waals surface area contributed by atoms with Crippen molar-refractivity contribution in [3.63, 3.8) is 0 Å². The van der Waals surface area contributed by atoms with Crippen molar-refractivity contribution in [2.45, 2.75) is 39.9 Å². The Morgan fingerprint density at radius 3 is 2.41 bits per heavy atom. The predicted molar refractivity (Wildman–Crippen MR) is 69.7 cm³/mol.